The highest BCUT2D eigenvalue weighted by molar-refractivity contribution is 9.10. The first kappa shape index (κ1) is 19.8. The van der Waals surface area contributed by atoms with Crippen molar-refractivity contribution >= 4 is 39.8 Å². The third-order valence-electron chi connectivity index (χ3n) is 3.78. The van der Waals surface area contributed by atoms with Gasteiger partial charge in [0.2, 0.25) is 5.90 Å². The minimum Gasteiger partial charge on any atom is -0.490 e. The lowest BCUT2D eigenvalue weighted by molar-refractivity contribution is -0.134. The largest absolute Gasteiger partial charge is 0.490 e. The maximum absolute atomic E-state index is 12.2. The molecule has 1 heterocycles. The Morgan fingerprint density at radius 2 is 1.96 bits per heavy atom. The molecular formula is C21H18BrNO5. The Morgan fingerprint density at radius 3 is 2.64 bits per heavy atom. The Kier molecular flexibility index (Phi) is 6.26. The molecule has 0 aromatic heterocycles. The maximum Gasteiger partial charge on any atom is 0.363 e. The molecule has 0 saturated heterocycles. The van der Waals surface area contributed by atoms with Crippen LogP contribution in [0.2, 0.25) is 0 Å². The van der Waals surface area contributed by atoms with Crippen LogP contribution in [0.25, 0.3) is 6.08 Å². The van der Waals surface area contributed by atoms with E-state index in [1.165, 1.54) is 0 Å². The van der Waals surface area contributed by atoms with Gasteiger partial charge >= 0.3 is 11.9 Å². The molecule has 0 fully saturated rings. The monoisotopic (exact) mass is 443 g/mol. The van der Waals surface area contributed by atoms with Gasteiger partial charge in [0.15, 0.2) is 17.2 Å². The van der Waals surface area contributed by atoms with E-state index in [9.17, 15) is 9.59 Å². The van der Waals surface area contributed by atoms with Crippen molar-refractivity contribution in [3.8, 4) is 11.5 Å². The first-order valence-corrected chi connectivity index (χ1v) is 9.56. The summed E-state index contributed by atoms with van der Waals surface area (Å²) in [6, 6.07) is 12.6. The summed E-state index contributed by atoms with van der Waals surface area (Å²) in [7, 11) is 0. The summed E-state index contributed by atoms with van der Waals surface area (Å²) in [6.07, 6.45) is 1.84. The Balaban J connectivity index is 1.96. The van der Waals surface area contributed by atoms with E-state index < -0.39 is 5.97 Å². The van der Waals surface area contributed by atoms with Gasteiger partial charge in [0.05, 0.1) is 11.1 Å². The molecule has 1 aliphatic rings. The number of hydrogen-bond donors (Lipinski definition) is 0. The van der Waals surface area contributed by atoms with Gasteiger partial charge in [-0.2, -0.15) is 0 Å². The molecule has 0 saturated carbocycles. The number of esters is 2. The maximum atomic E-state index is 12.2. The number of ether oxygens (including phenoxy) is 3. The highest BCUT2D eigenvalue weighted by Crippen LogP contribution is 2.38. The molecular weight excluding hydrogens is 426 g/mol. The van der Waals surface area contributed by atoms with E-state index in [1.54, 1.807) is 25.1 Å². The molecule has 0 spiro atoms. The number of benzene rings is 2. The molecule has 144 valence electrons. The van der Waals surface area contributed by atoms with Crippen LogP contribution in [0, 0.1) is 0 Å². The van der Waals surface area contributed by atoms with E-state index in [0.29, 0.717) is 28.1 Å². The molecule has 3 rings (SSSR count). The number of carbonyl (C=O) groups is 2. The number of hydrogen-bond acceptors (Lipinski definition) is 6. The molecule has 0 N–H and O–H groups in total. The Bertz CT molecular complexity index is 966. The van der Waals surface area contributed by atoms with Crippen molar-refractivity contribution in [1.29, 1.82) is 0 Å². The second-order valence-corrected chi connectivity index (χ2v) is 6.65. The molecule has 0 aliphatic carbocycles. The van der Waals surface area contributed by atoms with Crippen molar-refractivity contribution in [3.05, 3.63) is 63.8 Å². The zero-order chi connectivity index (χ0) is 20.1. The standard InChI is InChI=1S/C21H18BrNO5/c1-3-18(24)27-19-15(22)10-13(12-17(19)26-4-2)11-16-21(25)28-20(23-16)14-8-6-5-7-9-14/h5-12H,3-4H2,1-2H3/b16-11-. The SMILES string of the molecule is CCOc1cc(/C=C2\N=C(c3ccccc3)OC2=O)cc(Br)c1OC(=O)CC. The minimum absolute atomic E-state index is 0.173. The van der Waals surface area contributed by atoms with E-state index >= 15 is 0 Å². The molecule has 0 amide bonds. The van der Waals surface area contributed by atoms with Crippen molar-refractivity contribution in [2.75, 3.05) is 6.61 Å². The van der Waals surface area contributed by atoms with Crippen molar-refractivity contribution in [2.45, 2.75) is 20.3 Å². The lowest BCUT2D eigenvalue weighted by Crippen LogP contribution is -2.08. The van der Waals surface area contributed by atoms with E-state index in [0.717, 1.165) is 5.56 Å². The number of rotatable bonds is 6. The van der Waals surface area contributed by atoms with Crippen LogP contribution in [-0.2, 0) is 14.3 Å². The first-order valence-electron chi connectivity index (χ1n) is 8.76. The normalized spacial score (nSPS) is 14.6. The van der Waals surface area contributed by atoms with Crippen LogP contribution in [0.5, 0.6) is 11.5 Å². The van der Waals surface area contributed by atoms with E-state index in [-0.39, 0.29) is 24.0 Å². The van der Waals surface area contributed by atoms with Crippen molar-refractivity contribution < 1.29 is 23.8 Å². The smallest absolute Gasteiger partial charge is 0.363 e. The Morgan fingerprint density at radius 1 is 1.21 bits per heavy atom. The fourth-order valence-electron chi connectivity index (χ4n) is 2.49. The minimum atomic E-state index is -0.533. The quantitative estimate of drug-likeness (QED) is 0.373. The number of aliphatic imine (C=N–C) groups is 1. The molecule has 0 atom stereocenters. The number of cyclic esters (lactones) is 1. The third-order valence-corrected chi connectivity index (χ3v) is 4.37. The van der Waals surface area contributed by atoms with Gasteiger partial charge in [-0.05, 0) is 58.8 Å². The molecule has 2 aromatic rings. The molecule has 6 nitrogen and oxygen atoms in total. The number of nitrogens with zero attached hydrogens (tertiary/aromatic N) is 1. The fourth-order valence-corrected chi connectivity index (χ4v) is 3.03. The van der Waals surface area contributed by atoms with Crippen molar-refractivity contribution in [1.82, 2.24) is 0 Å². The third kappa shape index (κ3) is 4.48. The average molecular weight is 444 g/mol. The van der Waals surface area contributed by atoms with Gasteiger partial charge in [-0.3, -0.25) is 4.79 Å². The van der Waals surface area contributed by atoms with Gasteiger partial charge in [-0.25, -0.2) is 9.79 Å². The summed E-state index contributed by atoms with van der Waals surface area (Å²) in [6.45, 7) is 3.93. The number of halogens is 1. The van der Waals surface area contributed by atoms with Gasteiger partial charge in [0.25, 0.3) is 0 Å². The molecule has 0 unspecified atom stereocenters. The van der Waals surface area contributed by atoms with Crippen molar-refractivity contribution in [3.63, 3.8) is 0 Å². The molecule has 0 radical (unpaired) electrons. The van der Waals surface area contributed by atoms with Crippen LogP contribution in [-0.4, -0.2) is 24.4 Å². The van der Waals surface area contributed by atoms with Gasteiger partial charge in [-0.1, -0.05) is 25.1 Å². The summed E-state index contributed by atoms with van der Waals surface area (Å²) >= 11 is 3.40. The van der Waals surface area contributed by atoms with Gasteiger partial charge < -0.3 is 14.2 Å². The predicted molar refractivity (Wildman–Crippen MR) is 108 cm³/mol. The second-order valence-electron chi connectivity index (χ2n) is 5.79. The molecule has 2 aromatic carbocycles. The second kappa shape index (κ2) is 8.84. The Labute approximate surface area is 171 Å². The van der Waals surface area contributed by atoms with Crippen LogP contribution in [0.15, 0.2) is 57.6 Å². The summed E-state index contributed by atoms with van der Waals surface area (Å²) in [4.78, 5) is 28.2. The first-order chi connectivity index (χ1) is 13.5. The van der Waals surface area contributed by atoms with Crippen LogP contribution in [0.1, 0.15) is 31.4 Å². The number of carbonyl (C=O) groups excluding carboxylic acids is 2. The summed E-state index contributed by atoms with van der Waals surface area (Å²) in [5.74, 6) is 0.0515. The zero-order valence-corrected chi connectivity index (χ0v) is 17.0. The average Bonchev–Trinajstić information content (AvgIpc) is 3.05. The fraction of sp³-hybridized carbons (Fsp3) is 0.190. The summed E-state index contributed by atoms with van der Waals surface area (Å²) in [5, 5.41) is 0. The van der Waals surface area contributed by atoms with Crippen LogP contribution in [0.3, 0.4) is 0 Å². The molecule has 7 heteroatoms. The molecule has 0 bridgehead atoms. The highest BCUT2D eigenvalue weighted by Gasteiger charge is 2.24. The summed E-state index contributed by atoms with van der Waals surface area (Å²) < 4.78 is 16.7. The topological polar surface area (TPSA) is 74.2 Å². The van der Waals surface area contributed by atoms with E-state index in [2.05, 4.69) is 20.9 Å². The van der Waals surface area contributed by atoms with Gasteiger partial charge in [0.1, 0.15) is 0 Å². The van der Waals surface area contributed by atoms with Gasteiger partial charge in [0, 0.05) is 12.0 Å². The molecule has 28 heavy (non-hydrogen) atoms. The van der Waals surface area contributed by atoms with Crippen LogP contribution >= 0.6 is 15.9 Å². The van der Waals surface area contributed by atoms with Gasteiger partial charge in [-0.15, -0.1) is 0 Å². The lowest BCUT2D eigenvalue weighted by Gasteiger charge is -2.13. The van der Waals surface area contributed by atoms with Crippen LogP contribution < -0.4 is 9.47 Å². The highest BCUT2D eigenvalue weighted by atomic mass is 79.9. The van der Waals surface area contributed by atoms with Crippen molar-refractivity contribution in [2.24, 2.45) is 4.99 Å². The van der Waals surface area contributed by atoms with E-state index in [1.807, 2.05) is 37.3 Å². The van der Waals surface area contributed by atoms with E-state index in [4.69, 9.17) is 14.2 Å². The summed E-state index contributed by atoms with van der Waals surface area (Å²) in [5.41, 5.74) is 1.54. The zero-order valence-electron chi connectivity index (χ0n) is 15.4. The molecule has 1 aliphatic heterocycles. The predicted octanol–water partition coefficient (Wildman–Crippen LogP) is 4.51. The lowest BCUT2D eigenvalue weighted by atomic mass is 10.1. The van der Waals surface area contributed by atoms with Crippen LogP contribution in [0.4, 0.5) is 0 Å². The Hall–Kier alpha value is -2.93.